The van der Waals surface area contributed by atoms with E-state index < -0.39 is 26.7 Å². The molecule has 0 bridgehead atoms. The molecule has 0 spiro atoms. The standard InChI is InChI=1S/C27H23Cl2N3O6S/c1-3-15-11-18(14-23(24(15)29)39(35,36)37)31-32-25-19-8-6-5-7-16(19)12-20(26(25)33)27(34)30-17-9-10-21(28)22(13-17)38-4-2/h5-14,33H,3-4H2,1-2H3,(H,30,34)(H,35,36,37). The van der Waals surface area contributed by atoms with Crippen LogP contribution in [-0.4, -0.2) is 30.6 Å². The van der Waals surface area contributed by atoms with Gasteiger partial charge >= 0.3 is 0 Å². The van der Waals surface area contributed by atoms with Gasteiger partial charge < -0.3 is 15.2 Å². The van der Waals surface area contributed by atoms with Gasteiger partial charge in [-0.15, -0.1) is 5.11 Å². The van der Waals surface area contributed by atoms with Crippen LogP contribution in [0.25, 0.3) is 10.8 Å². The Labute approximate surface area is 234 Å². The Morgan fingerprint density at radius 1 is 1.03 bits per heavy atom. The van der Waals surface area contributed by atoms with E-state index in [4.69, 9.17) is 27.9 Å². The minimum atomic E-state index is -4.62. The molecule has 0 heterocycles. The number of ether oxygens (including phenoxy) is 1. The number of hydrogen-bond acceptors (Lipinski definition) is 7. The first-order valence-electron chi connectivity index (χ1n) is 11.7. The number of phenolic OH excluding ortho intramolecular Hbond substituents is 1. The highest BCUT2D eigenvalue weighted by Gasteiger charge is 2.21. The molecule has 9 nitrogen and oxygen atoms in total. The molecule has 0 fully saturated rings. The van der Waals surface area contributed by atoms with Crippen LogP contribution in [-0.2, 0) is 16.5 Å². The van der Waals surface area contributed by atoms with Gasteiger partial charge in [-0.25, -0.2) is 0 Å². The number of anilines is 1. The van der Waals surface area contributed by atoms with Crippen molar-refractivity contribution in [3.8, 4) is 11.5 Å². The minimum Gasteiger partial charge on any atom is -0.505 e. The minimum absolute atomic E-state index is 0.00855. The van der Waals surface area contributed by atoms with Crippen LogP contribution in [0.2, 0.25) is 10.0 Å². The summed E-state index contributed by atoms with van der Waals surface area (Å²) in [6.45, 7) is 3.95. The second kappa shape index (κ2) is 11.6. The van der Waals surface area contributed by atoms with Gasteiger partial charge in [-0.3, -0.25) is 9.35 Å². The summed E-state index contributed by atoms with van der Waals surface area (Å²) in [7, 11) is -4.62. The molecule has 0 saturated carbocycles. The number of azo groups is 1. The lowest BCUT2D eigenvalue weighted by Crippen LogP contribution is -2.12. The zero-order chi connectivity index (χ0) is 28.3. The molecule has 0 saturated heterocycles. The smallest absolute Gasteiger partial charge is 0.296 e. The van der Waals surface area contributed by atoms with Crippen molar-refractivity contribution in [3.63, 3.8) is 0 Å². The van der Waals surface area contributed by atoms with Crippen LogP contribution in [0.3, 0.4) is 0 Å². The number of aromatic hydroxyl groups is 1. The molecule has 4 rings (SSSR count). The van der Waals surface area contributed by atoms with E-state index in [9.17, 15) is 22.9 Å². The molecule has 39 heavy (non-hydrogen) atoms. The van der Waals surface area contributed by atoms with E-state index in [2.05, 4.69) is 15.5 Å². The molecule has 1 amide bonds. The normalized spacial score (nSPS) is 11.7. The maximum atomic E-state index is 13.2. The third kappa shape index (κ3) is 6.15. The van der Waals surface area contributed by atoms with E-state index in [1.807, 2.05) is 0 Å². The summed E-state index contributed by atoms with van der Waals surface area (Å²) < 4.78 is 38.7. The predicted octanol–water partition coefficient (Wildman–Crippen LogP) is 7.73. The molecule has 0 aromatic heterocycles. The summed E-state index contributed by atoms with van der Waals surface area (Å²) >= 11 is 12.3. The zero-order valence-corrected chi connectivity index (χ0v) is 23.1. The van der Waals surface area contributed by atoms with Crippen LogP contribution in [0, 0.1) is 0 Å². The lowest BCUT2D eigenvalue weighted by Gasteiger charge is -2.13. The van der Waals surface area contributed by atoms with Crippen LogP contribution in [0.15, 0.2) is 75.8 Å². The van der Waals surface area contributed by atoms with Crippen molar-refractivity contribution in [2.45, 2.75) is 25.2 Å². The number of carbonyl (C=O) groups excluding carboxylic acids is 1. The molecule has 0 unspecified atom stereocenters. The van der Waals surface area contributed by atoms with Gasteiger partial charge in [-0.2, -0.15) is 13.5 Å². The third-order valence-corrected chi connectivity index (χ3v) is 7.50. The first-order valence-corrected chi connectivity index (χ1v) is 13.9. The van der Waals surface area contributed by atoms with Crippen LogP contribution in [0.5, 0.6) is 11.5 Å². The summed E-state index contributed by atoms with van der Waals surface area (Å²) in [5, 5.41) is 23.5. The number of hydrogen-bond donors (Lipinski definition) is 3. The summed E-state index contributed by atoms with van der Waals surface area (Å²) in [5.41, 5.74) is 0.823. The Bertz CT molecular complexity index is 1720. The van der Waals surface area contributed by atoms with E-state index in [-0.39, 0.29) is 22.0 Å². The number of rotatable bonds is 8. The second-order valence-electron chi connectivity index (χ2n) is 8.32. The summed E-state index contributed by atoms with van der Waals surface area (Å²) in [6, 6.07) is 15.8. The summed E-state index contributed by atoms with van der Waals surface area (Å²) in [5.74, 6) is -0.658. The number of nitrogens with one attached hydrogen (secondary N) is 1. The molecule has 0 aliphatic carbocycles. The lowest BCUT2D eigenvalue weighted by molar-refractivity contribution is 0.102. The third-order valence-electron chi connectivity index (χ3n) is 5.75. The average Bonchev–Trinajstić information content (AvgIpc) is 2.89. The van der Waals surface area contributed by atoms with Crippen molar-refractivity contribution in [2.75, 3.05) is 11.9 Å². The quantitative estimate of drug-likeness (QED) is 0.142. The lowest BCUT2D eigenvalue weighted by atomic mass is 10.0. The number of halogens is 2. The van der Waals surface area contributed by atoms with Crippen molar-refractivity contribution < 1.29 is 27.6 Å². The predicted molar refractivity (Wildman–Crippen MR) is 151 cm³/mol. The van der Waals surface area contributed by atoms with Crippen molar-refractivity contribution in [2.24, 2.45) is 10.2 Å². The van der Waals surface area contributed by atoms with Gasteiger partial charge in [-0.1, -0.05) is 54.4 Å². The number of amides is 1. The monoisotopic (exact) mass is 587 g/mol. The summed E-state index contributed by atoms with van der Waals surface area (Å²) in [4.78, 5) is 12.7. The van der Waals surface area contributed by atoms with Gasteiger partial charge in [0.1, 0.15) is 16.3 Å². The Hall–Kier alpha value is -3.70. The van der Waals surface area contributed by atoms with Gasteiger partial charge in [0.25, 0.3) is 16.0 Å². The maximum Gasteiger partial charge on any atom is 0.296 e. The molecule has 0 radical (unpaired) electrons. The van der Waals surface area contributed by atoms with E-state index in [1.54, 1.807) is 56.3 Å². The van der Waals surface area contributed by atoms with Gasteiger partial charge in [0.2, 0.25) is 0 Å². The number of carbonyl (C=O) groups is 1. The molecule has 3 N–H and O–H groups in total. The van der Waals surface area contributed by atoms with E-state index in [1.165, 1.54) is 12.1 Å². The van der Waals surface area contributed by atoms with E-state index in [0.717, 1.165) is 6.07 Å². The number of nitrogens with zero attached hydrogens (tertiary/aromatic N) is 2. The van der Waals surface area contributed by atoms with Crippen LogP contribution < -0.4 is 10.1 Å². The van der Waals surface area contributed by atoms with Gasteiger partial charge in [0, 0.05) is 17.1 Å². The molecular formula is C27H23Cl2N3O6S. The number of benzene rings is 4. The van der Waals surface area contributed by atoms with Crippen LogP contribution >= 0.6 is 23.2 Å². The van der Waals surface area contributed by atoms with Gasteiger partial charge in [0.05, 0.1) is 27.9 Å². The molecule has 0 atom stereocenters. The molecule has 12 heteroatoms. The second-order valence-corrected chi connectivity index (χ2v) is 10.5. The van der Waals surface area contributed by atoms with Gasteiger partial charge in [0.15, 0.2) is 5.75 Å². The van der Waals surface area contributed by atoms with Crippen LogP contribution in [0.1, 0.15) is 29.8 Å². The van der Waals surface area contributed by atoms with Crippen molar-refractivity contribution >= 4 is 67.1 Å². The van der Waals surface area contributed by atoms with E-state index in [0.29, 0.717) is 45.8 Å². The molecule has 4 aromatic rings. The molecule has 0 aliphatic heterocycles. The topological polar surface area (TPSA) is 138 Å². The molecule has 0 aliphatic rings. The highest BCUT2D eigenvalue weighted by molar-refractivity contribution is 7.86. The Kier molecular flexibility index (Phi) is 8.41. The number of phenols is 1. The fourth-order valence-electron chi connectivity index (χ4n) is 3.89. The number of fused-ring (bicyclic) bond motifs is 1. The first kappa shape index (κ1) is 28.3. The van der Waals surface area contributed by atoms with Crippen molar-refractivity contribution in [1.29, 1.82) is 0 Å². The van der Waals surface area contributed by atoms with Crippen LogP contribution in [0.4, 0.5) is 17.1 Å². The first-order chi connectivity index (χ1) is 18.5. The Morgan fingerprint density at radius 3 is 2.46 bits per heavy atom. The largest absolute Gasteiger partial charge is 0.505 e. The molecule has 202 valence electrons. The SMILES string of the molecule is CCOc1cc(NC(=O)c2cc3ccccc3c(N=Nc3cc(CC)c(Cl)c(S(=O)(=O)O)c3)c2O)ccc1Cl. The fourth-order valence-corrected chi connectivity index (χ4v) is 5.22. The van der Waals surface area contributed by atoms with Crippen molar-refractivity contribution in [1.82, 2.24) is 0 Å². The van der Waals surface area contributed by atoms with Gasteiger partial charge in [-0.05, 0) is 54.6 Å². The highest BCUT2D eigenvalue weighted by Crippen LogP contribution is 2.40. The Morgan fingerprint density at radius 2 is 1.77 bits per heavy atom. The Balaban J connectivity index is 1.78. The molecule has 4 aromatic carbocycles. The summed E-state index contributed by atoms with van der Waals surface area (Å²) in [6.07, 6.45) is 0.365. The van der Waals surface area contributed by atoms with E-state index >= 15 is 0 Å². The highest BCUT2D eigenvalue weighted by atomic mass is 35.5. The molecular weight excluding hydrogens is 565 g/mol. The zero-order valence-electron chi connectivity index (χ0n) is 20.8. The number of aryl methyl sites for hydroxylation is 1. The van der Waals surface area contributed by atoms with Crippen molar-refractivity contribution in [3.05, 3.63) is 81.8 Å². The average molecular weight is 588 g/mol. The fraction of sp³-hybridized carbons (Fsp3) is 0.148. The maximum absolute atomic E-state index is 13.2.